The van der Waals surface area contributed by atoms with E-state index in [2.05, 4.69) is 9.97 Å². The van der Waals surface area contributed by atoms with Crippen LogP contribution in [0.5, 0.6) is 0 Å². The van der Waals surface area contributed by atoms with Crippen molar-refractivity contribution in [2.24, 2.45) is 0 Å². The number of imidazole rings is 1. The minimum absolute atomic E-state index is 0.0405. The molecule has 1 aliphatic rings. The van der Waals surface area contributed by atoms with Crippen molar-refractivity contribution in [1.82, 2.24) is 18.9 Å². The molecular formula is C16H12ClFN4O2. The van der Waals surface area contributed by atoms with E-state index in [9.17, 15) is 14.0 Å². The summed E-state index contributed by atoms with van der Waals surface area (Å²) in [5, 5.41) is -0.134. The zero-order valence-corrected chi connectivity index (χ0v) is 13.2. The van der Waals surface area contributed by atoms with E-state index in [1.54, 1.807) is 16.8 Å². The van der Waals surface area contributed by atoms with Gasteiger partial charge in [0.05, 0.1) is 11.6 Å². The average molecular weight is 347 g/mol. The molecule has 6 nitrogen and oxygen atoms in total. The Morgan fingerprint density at radius 3 is 2.83 bits per heavy atom. The molecule has 0 aliphatic heterocycles. The number of rotatable bonds is 4. The number of carbonyl (C=O) groups is 1. The molecule has 1 saturated carbocycles. The van der Waals surface area contributed by atoms with Gasteiger partial charge < -0.3 is 9.36 Å². The van der Waals surface area contributed by atoms with Crippen LogP contribution >= 0.6 is 11.6 Å². The molecule has 0 atom stereocenters. The maximum atomic E-state index is 13.3. The van der Waals surface area contributed by atoms with Crippen LogP contribution in [-0.2, 0) is 11.3 Å². The number of hydrogen-bond donors (Lipinski definition) is 0. The molecular weight excluding hydrogens is 335 g/mol. The maximum Gasteiger partial charge on any atom is 0.277 e. The van der Waals surface area contributed by atoms with Gasteiger partial charge in [0.25, 0.3) is 5.56 Å². The smallest absolute Gasteiger partial charge is 0.277 e. The molecule has 0 aromatic carbocycles. The van der Waals surface area contributed by atoms with Crippen molar-refractivity contribution in [3.63, 3.8) is 0 Å². The Bertz CT molecular complexity index is 1020. The summed E-state index contributed by atoms with van der Waals surface area (Å²) in [5.41, 5.74) is 0.869. The second-order valence-corrected chi connectivity index (χ2v) is 6.14. The molecule has 8 heteroatoms. The number of aldehydes is 1. The number of nitrogens with zero attached hydrogens (tertiary/aromatic N) is 4. The molecule has 0 radical (unpaired) electrons. The van der Waals surface area contributed by atoms with Crippen LogP contribution in [0, 0.1) is 5.95 Å². The van der Waals surface area contributed by atoms with Crippen LogP contribution in [0.3, 0.4) is 0 Å². The summed E-state index contributed by atoms with van der Waals surface area (Å²) in [6, 6.07) is 1.40. The monoisotopic (exact) mass is 346 g/mol. The lowest BCUT2D eigenvalue weighted by atomic mass is 10.2. The van der Waals surface area contributed by atoms with Crippen LogP contribution in [0.25, 0.3) is 16.8 Å². The first kappa shape index (κ1) is 15.0. The molecule has 3 aromatic rings. The first-order chi connectivity index (χ1) is 11.6. The Morgan fingerprint density at radius 1 is 1.38 bits per heavy atom. The van der Waals surface area contributed by atoms with Gasteiger partial charge in [-0.3, -0.25) is 9.20 Å². The van der Waals surface area contributed by atoms with E-state index in [-0.39, 0.29) is 17.1 Å². The van der Waals surface area contributed by atoms with Crippen molar-refractivity contribution < 1.29 is 9.18 Å². The van der Waals surface area contributed by atoms with Gasteiger partial charge in [0.15, 0.2) is 0 Å². The molecule has 4 rings (SSSR count). The van der Waals surface area contributed by atoms with E-state index < -0.39 is 5.95 Å². The molecule has 122 valence electrons. The largest absolute Gasteiger partial charge is 0.305 e. The van der Waals surface area contributed by atoms with Gasteiger partial charge in [0, 0.05) is 30.1 Å². The van der Waals surface area contributed by atoms with Gasteiger partial charge >= 0.3 is 0 Å². The van der Waals surface area contributed by atoms with Gasteiger partial charge in [-0.05, 0) is 18.9 Å². The Morgan fingerprint density at radius 2 is 2.17 bits per heavy atom. The molecule has 24 heavy (non-hydrogen) atoms. The Kier molecular flexibility index (Phi) is 3.45. The number of aromatic nitrogens is 4. The van der Waals surface area contributed by atoms with E-state index >= 15 is 0 Å². The maximum absolute atomic E-state index is 13.3. The minimum Gasteiger partial charge on any atom is -0.305 e. The standard InChI is InChI=1S/C16H12ClFN4O2/c17-11-7-10(8-19-14(11)18)12-13-16(24)21(5-6-23)3-4-22(13)15(20-12)9-1-2-9/h3-4,6-9H,1-2,5H2. The fourth-order valence-electron chi connectivity index (χ4n) is 2.76. The summed E-state index contributed by atoms with van der Waals surface area (Å²) in [7, 11) is 0. The molecule has 0 N–H and O–H groups in total. The van der Waals surface area contributed by atoms with Crippen LogP contribution in [0.4, 0.5) is 4.39 Å². The molecule has 1 fully saturated rings. The zero-order valence-electron chi connectivity index (χ0n) is 12.4. The van der Waals surface area contributed by atoms with Crippen LogP contribution in [0.1, 0.15) is 24.6 Å². The number of carbonyl (C=O) groups excluding carboxylic acids is 1. The van der Waals surface area contributed by atoms with Gasteiger partial charge in [-0.1, -0.05) is 11.6 Å². The highest BCUT2D eigenvalue weighted by molar-refractivity contribution is 6.30. The third-order valence-electron chi connectivity index (χ3n) is 4.08. The lowest BCUT2D eigenvalue weighted by molar-refractivity contribution is -0.108. The number of hydrogen-bond acceptors (Lipinski definition) is 4. The molecule has 0 amide bonds. The normalized spacial score (nSPS) is 14.2. The highest BCUT2D eigenvalue weighted by Gasteiger charge is 2.30. The topological polar surface area (TPSA) is 69.3 Å². The summed E-state index contributed by atoms with van der Waals surface area (Å²) in [6.45, 7) is -0.0405. The lowest BCUT2D eigenvalue weighted by Crippen LogP contribution is -2.22. The van der Waals surface area contributed by atoms with Crippen LogP contribution < -0.4 is 5.56 Å². The van der Waals surface area contributed by atoms with E-state index in [0.29, 0.717) is 29.0 Å². The molecule has 0 unspecified atom stereocenters. The van der Waals surface area contributed by atoms with Gasteiger partial charge in [-0.25, -0.2) is 9.97 Å². The first-order valence-electron chi connectivity index (χ1n) is 7.46. The van der Waals surface area contributed by atoms with Crippen molar-refractivity contribution >= 4 is 23.4 Å². The third kappa shape index (κ3) is 2.32. The molecule has 3 aromatic heterocycles. The highest BCUT2D eigenvalue weighted by Crippen LogP contribution is 2.41. The molecule has 1 aliphatic carbocycles. The highest BCUT2D eigenvalue weighted by atomic mass is 35.5. The van der Waals surface area contributed by atoms with Crippen molar-refractivity contribution in [3.05, 3.63) is 51.8 Å². The predicted molar refractivity (Wildman–Crippen MR) is 85.7 cm³/mol. The zero-order chi connectivity index (χ0) is 16.8. The van der Waals surface area contributed by atoms with E-state index in [1.165, 1.54) is 16.8 Å². The summed E-state index contributed by atoms with van der Waals surface area (Å²) in [5.74, 6) is 0.317. The van der Waals surface area contributed by atoms with Crippen molar-refractivity contribution in [3.8, 4) is 11.3 Å². The second-order valence-electron chi connectivity index (χ2n) is 5.73. The van der Waals surface area contributed by atoms with Crippen LogP contribution in [0.2, 0.25) is 5.02 Å². The van der Waals surface area contributed by atoms with Crippen LogP contribution in [0.15, 0.2) is 29.5 Å². The van der Waals surface area contributed by atoms with Gasteiger partial charge in [-0.15, -0.1) is 0 Å². The number of pyridine rings is 1. The number of halogens is 2. The Balaban J connectivity index is 2.02. The fraction of sp³-hybridized carbons (Fsp3) is 0.250. The van der Waals surface area contributed by atoms with E-state index in [0.717, 1.165) is 18.7 Å². The van der Waals surface area contributed by atoms with Gasteiger partial charge in [0.2, 0.25) is 5.95 Å². The quantitative estimate of drug-likeness (QED) is 0.537. The van der Waals surface area contributed by atoms with Crippen molar-refractivity contribution in [1.29, 1.82) is 0 Å². The van der Waals surface area contributed by atoms with Crippen LogP contribution in [-0.4, -0.2) is 25.2 Å². The molecule has 0 bridgehead atoms. The Labute approximate surface area is 140 Å². The third-order valence-corrected chi connectivity index (χ3v) is 4.35. The minimum atomic E-state index is -0.773. The predicted octanol–water partition coefficient (Wildman–Crippen LogP) is 2.43. The fourth-order valence-corrected chi connectivity index (χ4v) is 2.93. The first-order valence-corrected chi connectivity index (χ1v) is 7.84. The summed E-state index contributed by atoms with van der Waals surface area (Å²) < 4.78 is 16.4. The van der Waals surface area contributed by atoms with Gasteiger partial charge in [0.1, 0.15) is 23.3 Å². The summed E-state index contributed by atoms with van der Waals surface area (Å²) in [4.78, 5) is 31.7. The van der Waals surface area contributed by atoms with Crippen molar-refractivity contribution in [2.75, 3.05) is 0 Å². The second kappa shape index (κ2) is 5.52. The van der Waals surface area contributed by atoms with E-state index in [1.807, 2.05) is 0 Å². The summed E-state index contributed by atoms with van der Waals surface area (Å²) >= 11 is 5.82. The SMILES string of the molecule is O=CCn1ccn2c(C3CC3)nc(-c3cnc(F)c(Cl)c3)c2c1=O. The molecule has 3 heterocycles. The van der Waals surface area contributed by atoms with Crippen molar-refractivity contribution in [2.45, 2.75) is 25.3 Å². The molecule has 0 saturated heterocycles. The van der Waals surface area contributed by atoms with E-state index in [4.69, 9.17) is 11.6 Å². The van der Waals surface area contributed by atoms with Gasteiger partial charge in [-0.2, -0.15) is 4.39 Å². The Hall–Kier alpha value is -2.54. The number of fused-ring (bicyclic) bond motifs is 1. The molecule has 0 spiro atoms. The lowest BCUT2D eigenvalue weighted by Gasteiger charge is -2.04. The average Bonchev–Trinajstić information content (AvgIpc) is 3.33. The summed E-state index contributed by atoms with van der Waals surface area (Å²) in [6.07, 6.45) is 7.28.